The van der Waals surface area contributed by atoms with Crippen LogP contribution in [0.1, 0.15) is 19.3 Å². The Morgan fingerprint density at radius 3 is 2.65 bits per heavy atom. The van der Waals surface area contributed by atoms with E-state index in [1.54, 1.807) is 18.2 Å². The van der Waals surface area contributed by atoms with Gasteiger partial charge in [0.2, 0.25) is 5.91 Å². The number of likely N-dealkylation sites (tertiary alicyclic amines) is 1. The maximum atomic E-state index is 11.9. The van der Waals surface area contributed by atoms with Crippen molar-refractivity contribution in [3.8, 4) is 5.75 Å². The summed E-state index contributed by atoms with van der Waals surface area (Å²) >= 11 is 0. The number of rotatable bonds is 3. The van der Waals surface area contributed by atoms with Gasteiger partial charge in [-0.15, -0.1) is 0 Å². The maximum Gasteiger partial charge on any atom is 0.241 e. The summed E-state index contributed by atoms with van der Waals surface area (Å²) in [6, 6.07) is 6.95. The van der Waals surface area contributed by atoms with Crippen LogP contribution in [0.5, 0.6) is 5.75 Å². The summed E-state index contributed by atoms with van der Waals surface area (Å²) in [7, 11) is 0. The molecule has 0 aliphatic carbocycles. The highest BCUT2D eigenvalue weighted by atomic mass is 16.3. The Labute approximate surface area is 101 Å². The molecule has 1 heterocycles. The quantitative estimate of drug-likeness (QED) is 0.784. The van der Waals surface area contributed by atoms with Gasteiger partial charge in [0.25, 0.3) is 0 Å². The Morgan fingerprint density at radius 1 is 1.24 bits per heavy atom. The van der Waals surface area contributed by atoms with Gasteiger partial charge in [-0.3, -0.25) is 4.79 Å². The Hall–Kier alpha value is -1.71. The molecule has 4 nitrogen and oxygen atoms in total. The molecule has 0 unspecified atom stereocenters. The molecule has 1 aliphatic rings. The van der Waals surface area contributed by atoms with Crippen LogP contribution in [0.4, 0.5) is 5.69 Å². The fraction of sp³-hybridized carbons (Fsp3) is 0.462. The molecule has 1 saturated heterocycles. The molecule has 0 atom stereocenters. The van der Waals surface area contributed by atoms with E-state index in [1.165, 1.54) is 6.42 Å². The second-order valence-electron chi connectivity index (χ2n) is 4.31. The molecule has 92 valence electrons. The summed E-state index contributed by atoms with van der Waals surface area (Å²) in [6.07, 6.45) is 3.42. The summed E-state index contributed by atoms with van der Waals surface area (Å²) in [4.78, 5) is 13.7. The number of amides is 1. The van der Waals surface area contributed by atoms with Crippen LogP contribution in [0.2, 0.25) is 0 Å². The normalized spacial score (nSPS) is 15.6. The number of benzene rings is 1. The van der Waals surface area contributed by atoms with Crippen molar-refractivity contribution in [2.24, 2.45) is 0 Å². The zero-order valence-corrected chi connectivity index (χ0v) is 9.85. The Morgan fingerprint density at radius 2 is 1.94 bits per heavy atom. The van der Waals surface area contributed by atoms with Crippen molar-refractivity contribution in [3.63, 3.8) is 0 Å². The first kappa shape index (κ1) is 11.8. The van der Waals surface area contributed by atoms with Crippen molar-refractivity contribution in [2.75, 3.05) is 25.0 Å². The third kappa shape index (κ3) is 3.12. The van der Waals surface area contributed by atoms with E-state index >= 15 is 0 Å². The van der Waals surface area contributed by atoms with Crippen LogP contribution in [0, 0.1) is 0 Å². The van der Waals surface area contributed by atoms with E-state index in [0.717, 1.165) is 25.9 Å². The lowest BCUT2D eigenvalue weighted by molar-refractivity contribution is -0.130. The molecule has 0 spiro atoms. The first-order valence-electron chi connectivity index (χ1n) is 6.07. The zero-order chi connectivity index (χ0) is 12.1. The first-order valence-corrected chi connectivity index (χ1v) is 6.07. The van der Waals surface area contributed by atoms with Gasteiger partial charge in [-0.25, -0.2) is 0 Å². The third-order valence-electron chi connectivity index (χ3n) is 3.04. The maximum absolute atomic E-state index is 11.9. The van der Waals surface area contributed by atoms with Crippen molar-refractivity contribution < 1.29 is 9.90 Å². The average Bonchev–Trinajstić information content (AvgIpc) is 2.38. The Kier molecular flexibility index (Phi) is 3.85. The van der Waals surface area contributed by atoms with E-state index in [9.17, 15) is 9.90 Å². The lowest BCUT2D eigenvalue weighted by Gasteiger charge is -2.26. The number of phenols is 1. The number of nitrogens with one attached hydrogen (secondary N) is 1. The molecule has 2 N–H and O–H groups in total. The predicted molar refractivity (Wildman–Crippen MR) is 67.0 cm³/mol. The molecule has 1 aromatic carbocycles. The van der Waals surface area contributed by atoms with E-state index in [0.29, 0.717) is 5.69 Å². The molecular weight excluding hydrogens is 216 g/mol. The topological polar surface area (TPSA) is 52.6 Å². The van der Waals surface area contributed by atoms with Gasteiger partial charge in [0, 0.05) is 13.1 Å². The second-order valence-corrected chi connectivity index (χ2v) is 4.31. The monoisotopic (exact) mass is 234 g/mol. The molecule has 0 aromatic heterocycles. The van der Waals surface area contributed by atoms with Crippen LogP contribution in [0.15, 0.2) is 24.3 Å². The minimum absolute atomic E-state index is 0.105. The predicted octanol–water partition coefficient (Wildman–Crippen LogP) is 1.82. The van der Waals surface area contributed by atoms with E-state index in [4.69, 9.17) is 0 Å². The van der Waals surface area contributed by atoms with Crippen molar-refractivity contribution in [2.45, 2.75) is 19.3 Å². The molecule has 1 aromatic rings. The highest BCUT2D eigenvalue weighted by molar-refractivity contribution is 5.81. The van der Waals surface area contributed by atoms with Gasteiger partial charge in [0.05, 0.1) is 12.2 Å². The molecule has 1 amide bonds. The lowest BCUT2D eigenvalue weighted by Crippen LogP contribution is -2.39. The molecule has 4 heteroatoms. The standard InChI is InChI=1S/C13H18N2O2/c16-12-7-3-2-6-11(12)14-10-13(17)15-8-4-1-5-9-15/h2-3,6-7,14,16H,1,4-5,8-10H2. The van der Waals surface area contributed by atoms with Gasteiger partial charge in [0.15, 0.2) is 0 Å². The summed E-state index contributed by atoms with van der Waals surface area (Å²) in [5.74, 6) is 0.284. The Bertz CT molecular complexity index is 387. The molecule has 0 bridgehead atoms. The van der Waals surface area contributed by atoms with Crippen molar-refractivity contribution in [1.29, 1.82) is 0 Å². The molecule has 1 aliphatic heterocycles. The number of hydrogen-bond donors (Lipinski definition) is 2. The van der Waals surface area contributed by atoms with Gasteiger partial charge >= 0.3 is 0 Å². The summed E-state index contributed by atoms with van der Waals surface area (Å²) in [5, 5.41) is 12.5. The van der Waals surface area contributed by atoms with Gasteiger partial charge in [-0.1, -0.05) is 12.1 Å². The van der Waals surface area contributed by atoms with Crippen LogP contribution >= 0.6 is 0 Å². The fourth-order valence-electron chi connectivity index (χ4n) is 2.05. The Balaban J connectivity index is 1.85. The summed E-state index contributed by atoms with van der Waals surface area (Å²) in [5.41, 5.74) is 0.609. The summed E-state index contributed by atoms with van der Waals surface area (Å²) < 4.78 is 0. The number of para-hydroxylation sites is 2. The highest BCUT2D eigenvalue weighted by Crippen LogP contribution is 2.21. The number of carbonyl (C=O) groups is 1. The van der Waals surface area contributed by atoms with Gasteiger partial charge in [-0.2, -0.15) is 0 Å². The van der Waals surface area contributed by atoms with Gasteiger partial charge < -0.3 is 15.3 Å². The van der Waals surface area contributed by atoms with E-state index in [1.807, 2.05) is 11.0 Å². The molecule has 0 radical (unpaired) electrons. The minimum atomic E-state index is 0.105. The number of aromatic hydroxyl groups is 1. The molecule has 17 heavy (non-hydrogen) atoms. The van der Waals surface area contributed by atoms with E-state index in [2.05, 4.69) is 5.32 Å². The lowest BCUT2D eigenvalue weighted by atomic mass is 10.1. The van der Waals surface area contributed by atoms with Crippen LogP contribution in [0.3, 0.4) is 0 Å². The van der Waals surface area contributed by atoms with Crippen molar-refractivity contribution >= 4 is 11.6 Å². The number of nitrogens with zero attached hydrogens (tertiary/aromatic N) is 1. The largest absolute Gasteiger partial charge is 0.506 e. The average molecular weight is 234 g/mol. The van der Waals surface area contributed by atoms with Gasteiger partial charge in [0.1, 0.15) is 5.75 Å². The first-order chi connectivity index (χ1) is 8.27. The molecule has 0 saturated carbocycles. The SMILES string of the molecule is O=C(CNc1ccccc1O)N1CCCCC1. The number of piperidine rings is 1. The van der Waals surface area contributed by atoms with Crippen molar-refractivity contribution in [3.05, 3.63) is 24.3 Å². The number of hydrogen-bond acceptors (Lipinski definition) is 3. The molecule has 2 rings (SSSR count). The van der Waals surface area contributed by atoms with Crippen LogP contribution < -0.4 is 5.32 Å². The highest BCUT2D eigenvalue weighted by Gasteiger charge is 2.16. The fourth-order valence-corrected chi connectivity index (χ4v) is 2.05. The zero-order valence-electron chi connectivity index (χ0n) is 9.85. The van der Waals surface area contributed by atoms with E-state index < -0.39 is 0 Å². The summed E-state index contributed by atoms with van der Waals surface area (Å²) in [6.45, 7) is 1.97. The third-order valence-corrected chi connectivity index (χ3v) is 3.04. The van der Waals surface area contributed by atoms with Crippen LogP contribution in [0.25, 0.3) is 0 Å². The number of carbonyl (C=O) groups excluding carboxylic acids is 1. The van der Waals surface area contributed by atoms with Crippen LogP contribution in [-0.4, -0.2) is 35.5 Å². The van der Waals surface area contributed by atoms with Crippen LogP contribution in [-0.2, 0) is 4.79 Å². The smallest absolute Gasteiger partial charge is 0.241 e. The minimum Gasteiger partial charge on any atom is -0.506 e. The molecule has 1 fully saturated rings. The second kappa shape index (κ2) is 5.57. The van der Waals surface area contributed by atoms with Crippen molar-refractivity contribution in [1.82, 2.24) is 4.90 Å². The van der Waals surface area contributed by atoms with Gasteiger partial charge in [-0.05, 0) is 31.4 Å². The molecular formula is C13H18N2O2. The number of phenolic OH excluding ortho intramolecular Hbond substituents is 1. The number of anilines is 1. The van der Waals surface area contributed by atoms with E-state index in [-0.39, 0.29) is 18.2 Å².